The summed E-state index contributed by atoms with van der Waals surface area (Å²) in [7, 11) is 1.28. The molecule has 0 spiro atoms. The molecule has 0 N–H and O–H groups in total. The number of aryl methyl sites for hydroxylation is 1. The second-order valence-corrected chi connectivity index (χ2v) is 3.11. The number of methoxy groups -OCH3 is 1. The lowest BCUT2D eigenvalue weighted by atomic mass is 10.3. The van der Waals surface area contributed by atoms with Gasteiger partial charge in [-0.25, -0.2) is 14.2 Å². The number of halogens is 1. The molecule has 15 heavy (non-hydrogen) atoms. The van der Waals surface area contributed by atoms with Gasteiger partial charge >= 0.3 is 5.97 Å². The smallest absolute Gasteiger partial charge is 0.356 e. The van der Waals surface area contributed by atoms with E-state index >= 15 is 0 Å². The Hall–Kier alpha value is -1.91. The van der Waals surface area contributed by atoms with Gasteiger partial charge in [-0.1, -0.05) is 0 Å². The summed E-state index contributed by atoms with van der Waals surface area (Å²) in [5, 5.41) is 0. The van der Waals surface area contributed by atoms with Gasteiger partial charge < -0.3 is 4.74 Å². The predicted octanol–water partition coefficient (Wildman–Crippen LogP) is 1.57. The van der Waals surface area contributed by atoms with Crippen LogP contribution < -0.4 is 0 Å². The minimum absolute atomic E-state index is 0.256. The maximum Gasteiger partial charge on any atom is 0.356 e. The Morgan fingerprint density at radius 3 is 2.93 bits per heavy atom. The molecule has 0 aliphatic carbocycles. The summed E-state index contributed by atoms with van der Waals surface area (Å²) in [6, 6.07) is 2.80. The van der Waals surface area contributed by atoms with Gasteiger partial charge in [0.05, 0.1) is 12.8 Å². The number of imidazole rings is 1. The number of carbonyl (C=O) groups is 1. The van der Waals surface area contributed by atoms with E-state index in [4.69, 9.17) is 0 Å². The molecule has 2 aromatic rings. The molecule has 2 rings (SSSR count). The van der Waals surface area contributed by atoms with Crippen LogP contribution in [0, 0.1) is 12.7 Å². The molecule has 0 unspecified atom stereocenters. The number of hydrogen-bond acceptors (Lipinski definition) is 3. The SMILES string of the molecule is COC(=O)c1c(C)nc2ccc(F)cn12. The van der Waals surface area contributed by atoms with Crippen molar-refractivity contribution in [3.63, 3.8) is 0 Å². The molecular weight excluding hydrogens is 199 g/mol. The first-order valence-corrected chi connectivity index (χ1v) is 4.36. The van der Waals surface area contributed by atoms with E-state index in [0.29, 0.717) is 11.3 Å². The van der Waals surface area contributed by atoms with Crippen LogP contribution in [0.4, 0.5) is 4.39 Å². The number of aromatic nitrogens is 2. The Labute approximate surface area is 85.3 Å². The maximum atomic E-state index is 13.0. The third kappa shape index (κ3) is 1.45. The molecule has 0 amide bonds. The fraction of sp³-hybridized carbons (Fsp3) is 0.200. The average Bonchev–Trinajstić information content (AvgIpc) is 2.52. The molecule has 2 heterocycles. The lowest BCUT2D eigenvalue weighted by Crippen LogP contribution is -2.07. The van der Waals surface area contributed by atoms with Gasteiger partial charge in [-0.2, -0.15) is 0 Å². The van der Waals surface area contributed by atoms with Crippen LogP contribution in [0.1, 0.15) is 16.2 Å². The molecule has 0 aromatic carbocycles. The quantitative estimate of drug-likeness (QED) is 0.668. The standard InChI is InChI=1S/C10H9FN2O2/c1-6-9(10(14)15-2)13-5-7(11)3-4-8(13)12-6/h3-5H,1-2H3. The fourth-order valence-corrected chi connectivity index (χ4v) is 1.48. The predicted molar refractivity (Wildman–Crippen MR) is 51.2 cm³/mol. The van der Waals surface area contributed by atoms with Crippen LogP contribution in [0.25, 0.3) is 5.65 Å². The molecule has 0 radical (unpaired) electrons. The third-order valence-corrected chi connectivity index (χ3v) is 2.14. The van der Waals surface area contributed by atoms with Gasteiger partial charge in [0.2, 0.25) is 0 Å². The van der Waals surface area contributed by atoms with Gasteiger partial charge in [0.15, 0.2) is 5.69 Å². The third-order valence-electron chi connectivity index (χ3n) is 2.14. The zero-order valence-corrected chi connectivity index (χ0v) is 8.32. The summed E-state index contributed by atoms with van der Waals surface area (Å²) in [6.45, 7) is 1.68. The van der Waals surface area contributed by atoms with E-state index in [1.807, 2.05) is 0 Å². The van der Waals surface area contributed by atoms with Crippen molar-refractivity contribution in [1.29, 1.82) is 0 Å². The Morgan fingerprint density at radius 2 is 2.27 bits per heavy atom. The normalized spacial score (nSPS) is 10.6. The van der Waals surface area contributed by atoms with E-state index in [1.54, 1.807) is 6.92 Å². The highest BCUT2D eigenvalue weighted by Gasteiger charge is 2.16. The highest BCUT2D eigenvalue weighted by Crippen LogP contribution is 2.13. The van der Waals surface area contributed by atoms with E-state index in [-0.39, 0.29) is 5.69 Å². The molecule has 0 aliphatic rings. The second kappa shape index (κ2) is 3.34. The minimum atomic E-state index is -0.523. The topological polar surface area (TPSA) is 43.6 Å². The van der Waals surface area contributed by atoms with E-state index in [0.717, 1.165) is 0 Å². The van der Waals surface area contributed by atoms with Crippen LogP contribution in [0.15, 0.2) is 18.3 Å². The van der Waals surface area contributed by atoms with Crippen molar-refractivity contribution >= 4 is 11.6 Å². The summed E-state index contributed by atoms with van der Waals surface area (Å²) in [6.07, 6.45) is 1.21. The van der Waals surface area contributed by atoms with Crippen molar-refractivity contribution in [3.8, 4) is 0 Å². The largest absolute Gasteiger partial charge is 0.464 e. The summed E-state index contributed by atoms with van der Waals surface area (Å²) >= 11 is 0. The second-order valence-electron chi connectivity index (χ2n) is 3.11. The van der Waals surface area contributed by atoms with Crippen LogP contribution in [-0.2, 0) is 4.74 Å². The fourth-order valence-electron chi connectivity index (χ4n) is 1.48. The first-order valence-electron chi connectivity index (χ1n) is 4.36. The highest BCUT2D eigenvalue weighted by molar-refractivity contribution is 5.89. The number of hydrogen-bond donors (Lipinski definition) is 0. The number of rotatable bonds is 1. The maximum absolute atomic E-state index is 13.0. The molecule has 0 bridgehead atoms. The number of ether oxygens (including phenoxy) is 1. The Balaban J connectivity index is 2.76. The van der Waals surface area contributed by atoms with Crippen molar-refractivity contribution in [2.24, 2.45) is 0 Å². The first kappa shape index (κ1) is 9.64. The van der Waals surface area contributed by atoms with E-state index in [2.05, 4.69) is 9.72 Å². The van der Waals surface area contributed by atoms with Crippen LogP contribution in [-0.4, -0.2) is 22.5 Å². The zero-order chi connectivity index (χ0) is 11.0. The van der Waals surface area contributed by atoms with Gasteiger partial charge in [-0.15, -0.1) is 0 Å². The Morgan fingerprint density at radius 1 is 1.53 bits per heavy atom. The number of esters is 1. The van der Waals surface area contributed by atoms with Gasteiger partial charge in [-0.3, -0.25) is 4.40 Å². The Bertz CT molecular complexity index is 533. The lowest BCUT2D eigenvalue weighted by molar-refractivity contribution is 0.0592. The summed E-state index contributed by atoms with van der Waals surface area (Å²) in [5.41, 5.74) is 1.30. The van der Waals surface area contributed by atoms with Crippen molar-refractivity contribution in [2.75, 3.05) is 7.11 Å². The van der Waals surface area contributed by atoms with Crippen molar-refractivity contribution < 1.29 is 13.9 Å². The van der Waals surface area contributed by atoms with E-state index < -0.39 is 11.8 Å². The van der Waals surface area contributed by atoms with Crippen molar-refractivity contribution in [1.82, 2.24) is 9.38 Å². The molecule has 4 nitrogen and oxygen atoms in total. The van der Waals surface area contributed by atoms with Crippen molar-refractivity contribution in [3.05, 3.63) is 35.5 Å². The number of pyridine rings is 1. The average molecular weight is 208 g/mol. The summed E-state index contributed by atoms with van der Waals surface area (Å²) < 4.78 is 19.0. The molecule has 5 heteroatoms. The van der Waals surface area contributed by atoms with Crippen LogP contribution in [0.2, 0.25) is 0 Å². The molecular formula is C10H9FN2O2. The van der Waals surface area contributed by atoms with Gasteiger partial charge in [0, 0.05) is 6.20 Å². The lowest BCUT2D eigenvalue weighted by Gasteiger charge is -2.00. The Kier molecular flexibility index (Phi) is 2.15. The minimum Gasteiger partial charge on any atom is -0.464 e. The van der Waals surface area contributed by atoms with Gasteiger partial charge in [0.1, 0.15) is 11.5 Å². The summed E-state index contributed by atoms with van der Waals surface area (Å²) in [5.74, 6) is -0.948. The van der Waals surface area contributed by atoms with Crippen LogP contribution >= 0.6 is 0 Å². The monoisotopic (exact) mass is 208 g/mol. The molecule has 2 aromatic heterocycles. The zero-order valence-electron chi connectivity index (χ0n) is 8.32. The molecule has 0 saturated heterocycles. The van der Waals surface area contributed by atoms with E-state index in [9.17, 15) is 9.18 Å². The van der Waals surface area contributed by atoms with Gasteiger partial charge in [-0.05, 0) is 19.1 Å². The molecule has 0 saturated carbocycles. The molecule has 0 atom stereocenters. The molecule has 0 fully saturated rings. The van der Waals surface area contributed by atoms with Gasteiger partial charge in [0.25, 0.3) is 0 Å². The van der Waals surface area contributed by atoms with Crippen molar-refractivity contribution in [2.45, 2.75) is 6.92 Å². The number of nitrogens with zero attached hydrogens (tertiary/aromatic N) is 2. The van der Waals surface area contributed by atoms with Crippen LogP contribution in [0.3, 0.4) is 0 Å². The molecule has 78 valence electrons. The van der Waals surface area contributed by atoms with E-state index in [1.165, 1.54) is 29.8 Å². The highest BCUT2D eigenvalue weighted by atomic mass is 19.1. The number of fused-ring (bicyclic) bond motifs is 1. The van der Waals surface area contributed by atoms with Crippen LogP contribution in [0.5, 0.6) is 0 Å². The molecule has 0 aliphatic heterocycles. The first-order chi connectivity index (χ1) is 7.13. The summed E-state index contributed by atoms with van der Waals surface area (Å²) in [4.78, 5) is 15.5. The number of carbonyl (C=O) groups excluding carboxylic acids is 1.